The summed E-state index contributed by atoms with van der Waals surface area (Å²) in [5.74, 6) is -0.275. The Morgan fingerprint density at radius 1 is 1.35 bits per heavy atom. The minimum Gasteiger partial charge on any atom is -0.383 e. The highest BCUT2D eigenvalue weighted by Crippen LogP contribution is 2.12. The largest absolute Gasteiger partial charge is 0.383 e. The number of hydrogen-bond acceptors (Lipinski definition) is 4. The first-order valence-corrected chi connectivity index (χ1v) is 6.80. The van der Waals surface area contributed by atoms with Crippen molar-refractivity contribution in [3.63, 3.8) is 0 Å². The number of hydrogen-bond donors (Lipinski definition) is 3. The molecule has 6 heteroatoms. The van der Waals surface area contributed by atoms with Gasteiger partial charge in [0, 0.05) is 31.7 Å². The number of anilines is 1. The fraction of sp³-hybridized carbons (Fsp3) is 0.500. The van der Waals surface area contributed by atoms with E-state index in [-0.39, 0.29) is 24.3 Å². The van der Waals surface area contributed by atoms with Crippen LogP contribution in [0.5, 0.6) is 0 Å². The fourth-order valence-electron chi connectivity index (χ4n) is 1.70. The maximum atomic E-state index is 12.0. The van der Waals surface area contributed by atoms with Crippen LogP contribution in [0.4, 0.5) is 5.69 Å². The normalized spacial score (nSPS) is 10.2. The van der Waals surface area contributed by atoms with Crippen LogP contribution >= 0.6 is 0 Å². The first kappa shape index (κ1) is 15.9. The lowest BCUT2D eigenvalue weighted by atomic mass is 10.2. The van der Waals surface area contributed by atoms with Crippen LogP contribution in [0.2, 0.25) is 0 Å². The molecule has 0 aliphatic heterocycles. The van der Waals surface area contributed by atoms with Crippen LogP contribution in [0, 0.1) is 0 Å². The summed E-state index contributed by atoms with van der Waals surface area (Å²) in [6.45, 7) is 6.77. The van der Waals surface area contributed by atoms with Crippen molar-refractivity contribution in [1.29, 1.82) is 0 Å². The summed E-state index contributed by atoms with van der Waals surface area (Å²) in [5.41, 5.74) is 1.23. The second-order valence-electron chi connectivity index (χ2n) is 4.68. The number of carbonyl (C=O) groups is 2. The number of nitrogens with one attached hydrogen (secondary N) is 3. The van der Waals surface area contributed by atoms with E-state index in [9.17, 15) is 9.59 Å². The molecule has 1 rings (SSSR count). The Morgan fingerprint density at radius 2 is 2.10 bits per heavy atom. The third-order valence-electron chi connectivity index (χ3n) is 2.52. The number of nitrogens with zero attached hydrogens (tertiary/aromatic N) is 1. The van der Waals surface area contributed by atoms with Crippen molar-refractivity contribution in [2.45, 2.75) is 33.2 Å². The molecule has 110 valence electrons. The van der Waals surface area contributed by atoms with Crippen molar-refractivity contribution in [1.82, 2.24) is 15.6 Å². The fourth-order valence-corrected chi connectivity index (χ4v) is 1.70. The number of pyridine rings is 1. The number of amides is 2. The average Bonchev–Trinajstić information content (AvgIpc) is 2.38. The van der Waals surface area contributed by atoms with Crippen LogP contribution in [0.25, 0.3) is 0 Å². The van der Waals surface area contributed by atoms with Gasteiger partial charge in [0.05, 0.1) is 17.4 Å². The van der Waals surface area contributed by atoms with E-state index in [1.165, 1.54) is 0 Å². The predicted molar refractivity (Wildman–Crippen MR) is 78.6 cm³/mol. The zero-order valence-electron chi connectivity index (χ0n) is 12.2. The molecule has 0 aromatic carbocycles. The highest BCUT2D eigenvalue weighted by atomic mass is 16.2. The standard InChI is InChI=1S/C14H22N4O2/c1-4-16-12-9-15-7-5-11(12)14(20)17-8-6-13(19)18-10(2)3/h5,7,9-10,16H,4,6,8H2,1-3H3,(H,17,20)(H,18,19). The van der Waals surface area contributed by atoms with E-state index in [0.29, 0.717) is 24.3 Å². The van der Waals surface area contributed by atoms with Gasteiger partial charge in [-0.3, -0.25) is 14.6 Å². The molecular weight excluding hydrogens is 256 g/mol. The van der Waals surface area contributed by atoms with Gasteiger partial charge in [-0.15, -0.1) is 0 Å². The summed E-state index contributed by atoms with van der Waals surface area (Å²) in [6.07, 6.45) is 3.46. The van der Waals surface area contributed by atoms with Gasteiger partial charge in [-0.1, -0.05) is 0 Å². The van der Waals surface area contributed by atoms with Crippen LogP contribution in [0.3, 0.4) is 0 Å². The lowest BCUT2D eigenvalue weighted by Gasteiger charge is -2.11. The van der Waals surface area contributed by atoms with E-state index in [1.54, 1.807) is 18.5 Å². The van der Waals surface area contributed by atoms with Gasteiger partial charge in [-0.25, -0.2) is 0 Å². The molecule has 1 aromatic heterocycles. The quantitative estimate of drug-likeness (QED) is 0.699. The van der Waals surface area contributed by atoms with Crippen LogP contribution in [-0.2, 0) is 4.79 Å². The molecular formula is C14H22N4O2. The van der Waals surface area contributed by atoms with Gasteiger partial charge in [0.1, 0.15) is 0 Å². The Balaban J connectivity index is 2.49. The summed E-state index contributed by atoms with van der Waals surface area (Å²) < 4.78 is 0. The van der Waals surface area contributed by atoms with E-state index in [2.05, 4.69) is 20.9 Å². The molecule has 20 heavy (non-hydrogen) atoms. The SMILES string of the molecule is CCNc1cnccc1C(=O)NCCC(=O)NC(C)C. The zero-order valence-corrected chi connectivity index (χ0v) is 12.2. The molecule has 0 bridgehead atoms. The van der Waals surface area contributed by atoms with Gasteiger partial charge in [-0.2, -0.15) is 0 Å². The summed E-state index contributed by atoms with van der Waals surface area (Å²) in [7, 11) is 0. The number of aromatic nitrogens is 1. The minimum atomic E-state index is -0.208. The molecule has 6 nitrogen and oxygen atoms in total. The lowest BCUT2D eigenvalue weighted by Crippen LogP contribution is -2.34. The maximum Gasteiger partial charge on any atom is 0.253 e. The second-order valence-corrected chi connectivity index (χ2v) is 4.68. The Kier molecular flexibility index (Phi) is 6.49. The van der Waals surface area contributed by atoms with Gasteiger partial charge < -0.3 is 16.0 Å². The lowest BCUT2D eigenvalue weighted by molar-refractivity contribution is -0.121. The highest BCUT2D eigenvalue weighted by molar-refractivity contribution is 5.99. The Morgan fingerprint density at radius 3 is 2.75 bits per heavy atom. The molecule has 0 aliphatic rings. The van der Waals surface area contributed by atoms with Crippen molar-refractivity contribution in [3.8, 4) is 0 Å². The van der Waals surface area contributed by atoms with Gasteiger partial charge in [0.25, 0.3) is 5.91 Å². The molecule has 0 fully saturated rings. The Bertz CT molecular complexity index is 460. The monoisotopic (exact) mass is 278 g/mol. The summed E-state index contributed by atoms with van der Waals surface area (Å²) >= 11 is 0. The first-order valence-electron chi connectivity index (χ1n) is 6.80. The summed E-state index contributed by atoms with van der Waals surface area (Å²) in [4.78, 5) is 27.5. The van der Waals surface area contributed by atoms with E-state index in [4.69, 9.17) is 0 Å². The van der Waals surface area contributed by atoms with Crippen molar-refractivity contribution in [2.24, 2.45) is 0 Å². The first-order chi connectivity index (χ1) is 9.54. The smallest absolute Gasteiger partial charge is 0.253 e. The predicted octanol–water partition coefficient (Wildman–Crippen LogP) is 1.16. The average molecular weight is 278 g/mol. The number of rotatable bonds is 7. The van der Waals surface area contributed by atoms with Gasteiger partial charge in [0.15, 0.2) is 0 Å². The van der Waals surface area contributed by atoms with Crippen LogP contribution in [0.1, 0.15) is 37.6 Å². The van der Waals surface area contributed by atoms with Gasteiger partial charge in [0.2, 0.25) is 5.91 Å². The van der Waals surface area contributed by atoms with E-state index in [1.807, 2.05) is 20.8 Å². The molecule has 0 spiro atoms. The molecule has 0 atom stereocenters. The molecule has 0 unspecified atom stereocenters. The maximum absolute atomic E-state index is 12.0. The van der Waals surface area contributed by atoms with Crippen molar-refractivity contribution < 1.29 is 9.59 Å². The second kappa shape index (κ2) is 8.14. The topological polar surface area (TPSA) is 83.1 Å². The summed E-state index contributed by atoms with van der Waals surface area (Å²) in [5, 5.41) is 8.59. The summed E-state index contributed by atoms with van der Waals surface area (Å²) in [6, 6.07) is 1.76. The third kappa shape index (κ3) is 5.26. The van der Waals surface area contributed by atoms with Gasteiger partial charge >= 0.3 is 0 Å². The highest BCUT2D eigenvalue weighted by Gasteiger charge is 2.11. The molecule has 3 N–H and O–H groups in total. The molecule has 1 aromatic rings. The zero-order chi connectivity index (χ0) is 15.0. The van der Waals surface area contributed by atoms with Crippen molar-refractivity contribution in [2.75, 3.05) is 18.4 Å². The molecule has 0 radical (unpaired) electrons. The van der Waals surface area contributed by atoms with Crippen molar-refractivity contribution >= 4 is 17.5 Å². The molecule has 1 heterocycles. The molecule has 0 saturated carbocycles. The molecule has 2 amide bonds. The minimum absolute atomic E-state index is 0.0677. The van der Waals surface area contributed by atoms with Crippen LogP contribution in [0.15, 0.2) is 18.5 Å². The Hall–Kier alpha value is -2.11. The molecule has 0 aliphatic carbocycles. The molecule has 0 saturated heterocycles. The van der Waals surface area contributed by atoms with Crippen LogP contribution < -0.4 is 16.0 Å². The van der Waals surface area contributed by atoms with E-state index >= 15 is 0 Å². The van der Waals surface area contributed by atoms with E-state index in [0.717, 1.165) is 0 Å². The van der Waals surface area contributed by atoms with Crippen LogP contribution in [-0.4, -0.2) is 35.9 Å². The van der Waals surface area contributed by atoms with Gasteiger partial charge in [-0.05, 0) is 26.8 Å². The van der Waals surface area contributed by atoms with Crippen molar-refractivity contribution in [3.05, 3.63) is 24.0 Å². The number of carbonyl (C=O) groups excluding carboxylic acids is 2. The third-order valence-corrected chi connectivity index (χ3v) is 2.52. The van der Waals surface area contributed by atoms with E-state index < -0.39 is 0 Å². The Labute approximate surface area is 119 Å².